The number of ether oxygens (including phenoxy) is 1. The van der Waals surface area contributed by atoms with Crippen molar-refractivity contribution in [1.82, 2.24) is 0 Å². The smallest absolute Gasteiger partial charge is 0.122 e. The van der Waals surface area contributed by atoms with Crippen LogP contribution in [0, 0.1) is 6.92 Å². The maximum absolute atomic E-state index is 6.18. The van der Waals surface area contributed by atoms with Crippen molar-refractivity contribution in [3.63, 3.8) is 0 Å². The van der Waals surface area contributed by atoms with Crippen molar-refractivity contribution in [2.45, 2.75) is 71.0 Å². The van der Waals surface area contributed by atoms with Gasteiger partial charge in [-0.3, -0.25) is 0 Å². The molecular formula is C30H40OSi2. The minimum absolute atomic E-state index is 0.170. The molecule has 1 atom stereocenters. The van der Waals surface area contributed by atoms with Gasteiger partial charge in [0.2, 0.25) is 0 Å². The third-order valence-electron chi connectivity index (χ3n) is 7.41. The first-order valence-electron chi connectivity index (χ1n) is 12.2. The van der Waals surface area contributed by atoms with E-state index in [2.05, 4.69) is 115 Å². The van der Waals surface area contributed by atoms with Crippen molar-refractivity contribution < 1.29 is 4.74 Å². The molecular weight excluding hydrogens is 433 g/mol. The fourth-order valence-corrected chi connectivity index (χ4v) is 9.81. The second-order valence-corrected chi connectivity index (χ2v) is 22.8. The first-order chi connectivity index (χ1) is 15.3. The van der Waals surface area contributed by atoms with Crippen molar-refractivity contribution in [3.05, 3.63) is 82.4 Å². The summed E-state index contributed by atoms with van der Waals surface area (Å²) in [6.07, 6.45) is 0. The second-order valence-electron chi connectivity index (χ2n) is 12.4. The molecule has 0 amide bonds. The summed E-state index contributed by atoms with van der Waals surface area (Å²) < 4.78 is 6.18. The topological polar surface area (TPSA) is 9.23 Å². The normalized spacial score (nSPS) is 15.9. The van der Waals surface area contributed by atoms with Gasteiger partial charge in [-0.1, -0.05) is 113 Å². The second kappa shape index (κ2) is 7.99. The Bertz CT molecular complexity index is 1210. The van der Waals surface area contributed by atoms with Crippen molar-refractivity contribution in [2.75, 3.05) is 7.11 Å². The van der Waals surface area contributed by atoms with Gasteiger partial charge in [0.1, 0.15) is 5.75 Å². The van der Waals surface area contributed by atoms with E-state index >= 15 is 0 Å². The van der Waals surface area contributed by atoms with Gasteiger partial charge in [0.25, 0.3) is 0 Å². The van der Waals surface area contributed by atoms with Gasteiger partial charge in [0.15, 0.2) is 0 Å². The Labute approximate surface area is 203 Å². The first kappa shape index (κ1) is 24.0. The number of aryl methyl sites for hydroxylation is 1. The van der Waals surface area contributed by atoms with Gasteiger partial charge in [-0.2, -0.15) is 0 Å². The van der Waals surface area contributed by atoms with E-state index in [0.29, 0.717) is 5.54 Å². The highest BCUT2D eigenvalue weighted by molar-refractivity contribution is 6.89. The molecule has 0 aromatic heterocycles. The quantitative estimate of drug-likeness (QED) is 0.343. The van der Waals surface area contributed by atoms with Gasteiger partial charge in [-0.25, -0.2) is 0 Å². The molecule has 1 aliphatic rings. The molecule has 0 heterocycles. The molecule has 3 aromatic rings. The zero-order valence-corrected chi connectivity index (χ0v) is 24.2. The van der Waals surface area contributed by atoms with Crippen molar-refractivity contribution in [2.24, 2.45) is 0 Å². The van der Waals surface area contributed by atoms with Gasteiger partial charge >= 0.3 is 0 Å². The highest BCUT2D eigenvalue weighted by Gasteiger charge is 2.42. The molecule has 0 saturated carbocycles. The molecule has 0 fully saturated rings. The fraction of sp³-hybridized carbons (Fsp3) is 0.400. The summed E-state index contributed by atoms with van der Waals surface area (Å²) in [5.41, 5.74) is 10.4. The fourth-order valence-electron chi connectivity index (χ4n) is 5.86. The maximum Gasteiger partial charge on any atom is 0.122 e. The summed E-state index contributed by atoms with van der Waals surface area (Å²) in [6.45, 7) is 21.8. The Hall–Kier alpha value is -2.11. The SMILES string of the molecule is COc1c(C(C)(C)c2cccc3c2C([Si](C)(C)C)c2ccccc2-3)cc(C)cc1[Si](C)(C)C. The number of hydrogen-bond donors (Lipinski definition) is 0. The standard InChI is InChI=1S/C30H40OSi2/c1-20-18-25(28(31-4)26(19-20)32(5,6)7)30(2,3)24-17-13-16-22-21-14-11-12-15-23(21)29(27(22)24)33(8,9)10/h11-19,29H,1-10H3. The summed E-state index contributed by atoms with van der Waals surface area (Å²) in [7, 11) is -1.26. The lowest BCUT2D eigenvalue weighted by Gasteiger charge is -2.36. The van der Waals surface area contributed by atoms with Crippen LogP contribution < -0.4 is 9.92 Å². The molecule has 0 aliphatic heterocycles. The number of hydrogen-bond acceptors (Lipinski definition) is 1. The Morgan fingerprint density at radius 2 is 1.42 bits per heavy atom. The lowest BCUT2D eigenvalue weighted by Crippen LogP contribution is -2.40. The average molecular weight is 473 g/mol. The van der Waals surface area contributed by atoms with Crippen LogP contribution in [0.25, 0.3) is 11.1 Å². The molecule has 174 valence electrons. The largest absolute Gasteiger partial charge is 0.497 e. The van der Waals surface area contributed by atoms with Crippen molar-refractivity contribution in [1.29, 1.82) is 0 Å². The Morgan fingerprint density at radius 3 is 2.03 bits per heavy atom. The summed E-state index contributed by atoms with van der Waals surface area (Å²) in [5, 5.41) is 1.42. The van der Waals surface area contributed by atoms with Gasteiger partial charge < -0.3 is 4.74 Å². The van der Waals surface area contributed by atoms with E-state index in [1.807, 2.05) is 7.11 Å². The van der Waals surface area contributed by atoms with Crippen LogP contribution in [0.5, 0.6) is 5.75 Å². The Balaban J connectivity index is 2.03. The van der Waals surface area contributed by atoms with E-state index in [-0.39, 0.29) is 5.41 Å². The molecule has 1 unspecified atom stereocenters. The van der Waals surface area contributed by atoms with E-state index in [0.717, 1.165) is 5.75 Å². The number of methoxy groups -OCH3 is 1. The summed E-state index contributed by atoms with van der Waals surface area (Å²) in [4.78, 5) is 0. The molecule has 3 aromatic carbocycles. The molecule has 0 saturated heterocycles. The van der Waals surface area contributed by atoms with Gasteiger partial charge in [-0.15, -0.1) is 0 Å². The van der Waals surface area contributed by atoms with E-state index in [4.69, 9.17) is 4.74 Å². The predicted octanol–water partition coefficient (Wildman–Crippen LogP) is 7.86. The Morgan fingerprint density at radius 1 is 0.788 bits per heavy atom. The zero-order valence-electron chi connectivity index (χ0n) is 22.2. The van der Waals surface area contributed by atoms with Gasteiger partial charge in [-0.05, 0) is 39.9 Å². The monoisotopic (exact) mass is 472 g/mol. The summed E-state index contributed by atoms with van der Waals surface area (Å²) in [6, 6.07) is 20.8. The first-order valence-corrected chi connectivity index (χ1v) is 19.3. The van der Waals surface area contributed by atoms with Crippen molar-refractivity contribution >= 4 is 21.3 Å². The van der Waals surface area contributed by atoms with Crippen LogP contribution in [0.2, 0.25) is 39.3 Å². The van der Waals surface area contributed by atoms with E-state index in [1.54, 1.807) is 5.56 Å². The molecule has 1 nitrogen and oxygen atoms in total. The molecule has 0 radical (unpaired) electrons. The highest BCUT2D eigenvalue weighted by atomic mass is 28.3. The third kappa shape index (κ3) is 3.93. The van der Waals surface area contributed by atoms with Crippen LogP contribution in [0.1, 0.15) is 47.2 Å². The maximum atomic E-state index is 6.18. The molecule has 3 heteroatoms. The van der Waals surface area contributed by atoms with Crippen LogP contribution in [-0.2, 0) is 5.41 Å². The van der Waals surface area contributed by atoms with Crippen LogP contribution in [0.4, 0.5) is 0 Å². The lowest BCUT2D eigenvalue weighted by atomic mass is 9.74. The van der Waals surface area contributed by atoms with Gasteiger partial charge in [0.05, 0.1) is 23.3 Å². The zero-order chi connectivity index (χ0) is 24.3. The molecule has 0 spiro atoms. The van der Waals surface area contributed by atoms with Crippen LogP contribution in [0.15, 0.2) is 54.6 Å². The highest BCUT2D eigenvalue weighted by Crippen LogP contribution is 2.53. The van der Waals surface area contributed by atoms with E-state index in [9.17, 15) is 0 Å². The van der Waals surface area contributed by atoms with E-state index < -0.39 is 16.1 Å². The number of fused-ring (bicyclic) bond motifs is 3. The molecule has 0 N–H and O–H groups in total. The lowest BCUT2D eigenvalue weighted by molar-refractivity contribution is 0.403. The molecule has 4 rings (SSSR count). The molecule has 33 heavy (non-hydrogen) atoms. The summed E-state index contributed by atoms with van der Waals surface area (Å²) in [5.74, 6) is 1.10. The van der Waals surface area contributed by atoms with Crippen LogP contribution >= 0.6 is 0 Å². The summed E-state index contributed by atoms with van der Waals surface area (Å²) >= 11 is 0. The molecule has 0 bridgehead atoms. The number of rotatable bonds is 5. The number of benzene rings is 3. The minimum Gasteiger partial charge on any atom is -0.497 e. The van der Waals surface area contributed by atoms with Crippen LogP contribution in [-0.4, -0.2) is 23.3 Å². The van der Waals surface area contributed by atoms with Crippen LogP contribution in [0.3, 0.4) is 0 Å². The average Bonchev–Trinajstić information content (AvgIpc) is 3.07. The minimum atomic E-state index is -1.58. The molecule has 1 aliphatic carbocycles. The Kier molecular flexibility index (Phi) is 5.82. The van der Waals surface area contributed by atoms with Gasteiger partial charge in [0, 0.05) is 16.5 Å². The van der Waals surface area contributed by atoms with E-state index in [1.165, 1.54) is 38.6 Å². The third-order valence-corrected chi connectivity index (χ3v) is 11.7. The predicted molar refractivity (Wildman–Crippen MR) is 150 cm³/mol. The van der Waals surface area contributed by atoms with Crippen molar-refractivity contribution in [3.8, 4) is 16.9 Å².